The molecule has 0 radical (unpaired) electrons. The summed E-state index contributed by atoms with van der Waals surface area (Å²) in [4.78, 5) is 21.8. The van der Waals surface area contributed by atoms with Crippen LogP contribution in [0.2, 0.25) is 0 Å². The molecule has 0 fully saturated rings. The van der Waals surface area contributed by atoms with Crippen molar-refractivity contribution in [1.82, 2.24) is 0 Å². The van der Waals surface area contributed by atoms with Gasteiger partial charge in [0.2, 0.25) is 6.54 Å². The standard InChI is InChI=1S/C9H11NO3S/c1-7(11)5-8(6-10(12)13)9-3-2-4-14-9/h2-4,8H,5-6H2,1H3/t8-/m1/s1. The summed E-state index contributed by atoms with van der Waals surface area (Å²) >= 11 is 1.46. The summed E-state index contributed by atoms with van der Waals surface area (Å²) in [5, 5.41) is 12.2. The van der Waals surface area contributed by atoms with Gasteiger partial charge in [-0.25, -0.2) is 0 Å². The minimum absolute atomic E-state index is 0.00903. The van der Waals surface area contributed by atoms with Crippen LogP contribution in [0.25, 0.3) is 0 Å². The average Bonchev–Trinajstić information content (AvgIpc) is 2.52. The van der Waals surface area contributed by atoms with Gasteiger partial charge in [0.1, 0.15) is 5.78 Å². The second-order valence-electron chi connectivity index (χ2n) is 3.13. The number of nitro groups is 1. The highest BCUT2D eigenvalue weighted by atomic mass is 32.1. The molecule has 0 aromatic carbocycles. The molecule has 1 aromatic rings. The molecular formula is C9H11NO3S. The van der Waals surface area contributed by atoms with Crippen LogP contribution in [0.15, 0.2) is 17.5 Å². The van der Waals surface area contributed by atoms with Crippen LogP contribution in [-0.2, 0) is 4.79 Å². The topological polar surface area (TPSA) is 60.2 Å². The van der Waals surface area contributed by atoms with Crippen LogP contribution in [0.4, 0.5) is 0 Å². The van der Waals surface area contributed by atoms with Crippen molar-refractivity contribution in [2.24, 2.45) is 0 Å². The SMILES string of the molecule is CC(=O)C[C@H](C[N+](=O)[O-])c1cccs1. The molecule has 0 bridgehead atoms. The van der Waals surface area contributed by atoms with Crippen LogP contribution < -0.4 is 0 Å². The first-order valence-corrected chi connectivity index (χ1v) is 5.12. The van der Waals surface area contributed by atoms with Crippen LogP contribution in [0.3, 0.4) is 0 Å². The zero-order chi connectivity index (χ0) is 10.6. The van der Waals surface area contributed by atoms with Crippen LogP contribution >= 0.6 is 11.3 Å². The molecule has 14 heavy (non-hydrogen) atoms. The van der Waals surface area contributed by atoms with Gasteiger partial charge in [-0.3, -0.25) is 10.1 Å². The summed E-state index contributed by atoms with van der Waals surface area (Å²) in [5.74, 6) is -0.271. The third kappa shape index (κ3) is 3.26. The maximum absolute atomic E-state index is 10.9. The molecule has 0 saturated heterocycles. The lowest BCUT2D eigenvalue weighted by atomic mass is 10.0. The van der Waals surface area contributed by atoms with Gasteiger partial charge in [-0.2, -0.15) is 0 Å². The Morgan fingerprint density at radius 2 is 2.43 bits per heavy atom. The van der Waals surface area contributed by atoms with E-state index in [2.05, 4.69) is 0 Å². The molecule has 0 aliphatic rings. The Bertz CT molecular complexity index is 305. The lowest BCUT2D eigenvalue weighted by Gasteiger charge is -2.07. The Hall–Kier alpha value is -1.23. The molecule has 1 rings (SSSR count). The molecule has 0 unspecified atom stereocenters. The smallest absolute Gasteiger partial charge is 0.211 e. The van der Waals surface area contributed by atoms with Crippen molar-refractivity contribution in [3.05, 3.63) is 32.5 Å². The van der Waals surface area contributed by atoms with Gasteiger partial charge in [-0.05, 0) is 18.4 Å². The van der Waals surface area contributed by atoms with Crippen LogP contribution in [0.5, 0.6) is 0 Å². The summed E-state index contributed by atoms with van der Waals surface area (Å²) in [5.41, 5.74) is 0. The molecule has 1 aromatic heterocycles. The average molecular weight is 213 g/mol. The maximum Gasteiger partial charge on any atom is 0.211 e. The highest BCUT2D eigenvalue weighted by Gasteiger charge is 2.20. The van der Waals surface area contributed by atoms with Gasteiger partial charge in [-0.1, -0.05) is 6.07 Å². The van der Waals surface area contributed by atoms with Gasteiger partial charge in [0, 0.05) is 16.2 Å². The fourth-order valence-electron chi connectivity index (χ4n) is 1.31. The van der Waals surface area contributed by atoms with Gasteiger partial charge in [0.15, 0.2) is 0 Å². The zero-order valence-electron chi connectivity index (χ0n) is 7.80. The quantitative estimate of drug-likeness (QED) is 0.555. The Kier molecular flexibility index (Phi) is 3.76. The van der Waals surface area contributed by atoms with E-state index in [1.807, 2.05) is 17.5 Å². The van der Waals surface area contributed by atoms with Crippen molar-refractivity contribution in [1.29, 1.82) is 0 Å². The number of carbonyl (C=O) groups excluding carboxylic acids is 1. The highest BCUT2D eigenvalue weighted by Crippen LogP contribution is 2.24. The molecule has 0 aliphatic heterocycles. The van der Waals surface area contributed by atoms with E-state index in [0.29, 0.717) is 0 Å². The summed E-state index contributed by atoms with van der Waals surface area (Å²) < 4.78 is 0. The fraction of sp³-hybridized carbons (Fsp3) is 0.444. The molecule has 5 heteroatoms. The van der Waals surface area contributed by atoms with Gasteiger partial charge in [0.05, 0.1) is 5.92 Å². The lowest BCUT2D eigenvalue weighted by Crippen LogP contribution is -2.14. The van der Waals surface area contributed by atoms with Gasteiger partial charge < -0.3 is 4.79 Å². The molecule has 0 saturated carbocycles. The van der Waals surface area contributed by atoms with Gasteiger partial charge >= 0.3 is 0 Å². The number of thiophene rings is 1. The van der Waals surface area contributed by atoms with E-state index in [0.717, 1.165) is 4.88 Å². The van der Waals surface area contributed by atoms with Crippen molar-refractivity contribution in [2.75, 3.05) is 6.54 Å². The van der Waals surface area contributed by atoms with Crippen molar-refractivity contribution in [3.8, 4) is 0 Å². The van der Waals surface area contributed by atoms with E-state index < -0.39 is 0 Å². The third-order valence-corrected chi connectivity index (χ3v) is 2.88. The molecule has 0 N–H and O–H groups in total. The number of rotatable bonds is 5. The number of hydrogen-bond donors (Lipinski definition) is 0. The van der Waals surface area contributed by atoms with E-state index in [-0.39, 0.29) is 29.6 Å². The van der Waals surface area contributed by atoms with Crippen molar-refractivity contribution < 1.29 is 9.72 Å². The highest BCUT2D eigenvalue weighted by molar-refractivity contribution is 7.10. The summed E-state index contributed by atoms with van der Waals surface area (Å²) in [6, 6.07) is 3.68. The molecule has 76 valence electrons. The van der Waals surface area contributed by atoms with E-state index in [4.69, 9.17) is 0 Å². The first kappa shape index (κ1) is 10.8. The van der Waals surface area contributed by atoms with E-state index in [1.165, 1.54) is 18.3 Å². The van der Waals surface area contributed by atoms with Crippen molar-refractivity contribution in [2.45, 2.75) is 19.3 Å². The van der Waals surface area contributed by atoms with Gasteiger partial charge in [-0.15, -0.1) is 11.3 Å². The van der Waals surface area contributed by atoms with E-state index in [9.17, 15) is 14.9 Å². The van der Waals surface area contributed by atoms with E-state index in [1.54, 1.807) is 0 Å². The Balaban J connectivity index is 2.71. The Morgan fingerprint density at radius 1 is 1.71 bits per heavy atom. The number of hydrogen-bond acceptors (Lipinski definition) is 4. The number of ketones is 1. The predicted molar refractivity (Wildman–Crippen MR) is 54.2 cm³/mol. The minimum Gasteiger partial charge on any atom is -0.300 e. The second kappa shape index (κ2) is 4.85. The first-order valence-electron chi connectivity index (χ1n) is 4.24. The third-order valence-electron chi connectivity index (χ3n) is 1.85. The fourth-order valence-corrected chi connectivity index (χ4v) is 2.13. The second-order valence-corrected chi connectivity index (χ2v) is 4.11. The predicted octanol–water partition coefficient (Wildman–Crippen LogP) is 2.09. The lowest BCUT2D eigenvalue weighted by molar-refractivity contribution is -0.483. The summed E-state index contributed by atoms with van der Waals surface area (Å²) in [6.07, 6.45) is 0.251. The number of nitrogens with zero attached hydrogens (tertiary/aromatic N) is 1. The first-order chi connectivity index (χ1) is 6.59. The summed E-state index contributed by atoms with van der Waals surface area (Å²) in [7, 11) is 0. The molecule has 0 amide bonds. The molecular weight excluding hydrogens is 202 g/mol. The van der Waals surface area contributed by atoms with Gasteiger partial charge in [0.25, 0.3) is 0 Å². The minimum atomic E-state index is -0.368. The summed E-state index contributed by atoms with van der Waals surface area (Å²) in [6.45, 7) is 1.29. The van der Waals surface area contributed by atoms with E-state index >= 15 is 0 Å². The molecule has 0 aliphatic carbocycles. The number of Topliss-reactive ketones (excluding diaryl/α,β-unsaturated/α-hetero) is 1. The zero-order valence-corrected chi connectivity index (χ0v) is 8.62. The molecule has 1 atom stereocenters. The Labute approximate surface area is 85.7 Å². The maximum atomic E-state index is 10.9. The molecule has 0 spiro atoms. The number of carbonyl (C=O) groups is 1. The van der Waals surface area contributed by atoms with Crippen molar-refractivity contribution in [3.63, 3.8) is 0 Å². The monoisotopic (exact) mass is 213 g/mol. The van der Waals surface area contributed by atoms with Crippen LogP contribution in [0, 0.1) is 10.1 Å². The normalized spacial score (nSPS) is 12.4. The van der Waals surface area contributed by atoms with Crippen LogP contribution in [0.1, 0.15) is 24.1 Å². The Morgan fingerprint density at radius 3 is 2.86 bits per heavy atom. The van der Waals surface area contributed by atoms with Crippen molar-refractivity contribution >= 4 is 17.1 Å². The molecule has 1 heterocycles. The largest absolute Gasteiger partial charge is 0.300 e. The molecule has 4 nitrogen and oxygen atoms in total. The van der Waals surface area contributed by atoms with Crippen LogP contribution in [-0.4, -0.2) is 17.3 Å².